The number of fused-ring (bicyclic) bond motifs is 1. The third kappa shape index (κ3) is 3.02. The Morgan fingerprint density at radius 1 is 0.952 bits per heavy atom. The maximum absolute atomic E-state index is 6.14. The van der Waals surface area contributed by atoms with Crippen molar-refractivity contribution in [3.63, 3.8) is 0 Å². The summed E-state index contributed by atoms with van der Waals surface area (Å²) in [6.07, 6.45) is 2.18. The van der Waals surface area contributed by atoms with Gasteiger partial charge in [-0.15, -0.1) is 0 Å². The lowest BCUT2D eigenvalue weighted by molar-refractivity contribution is 0.0993. The maximum atomic E-state index is 6.14. The molecule has 110 valence electrons. The molecule has 21 heavy (non-hydrogen) atoms. The number of hydrogen-bond donors (Lipinski definition) is 1. The van der Waals surface area contributed by atoms with Gasteiger partial charge in [-0.2, -0.15) is 0 Å². The van der Waals surface area contributed by atoms with E-state index in [4.69, 9.17) is 5.73 Å². The molecule has 0 amide bonds. The first-order valence-electron chi connectivity index (χ1n) is 7.77. The highest BCUT2D eigenvalue weighted by molar-refractivity contribution is 5.31. The first-order chi connectivity index (χ1) is 10.2. The summed E-state index contributed by atoms with van der Waals surface area (Å²) < 4.78 is 0. The molecule has 2 N–H and O–H groups in total. The molecule has 1 heterocycles. The van der Waals surface area contributed by atoms with Crippen molar-refractivity contribution < 1.29 is 0 Å². The Morgan fingerprint density at radius 3 is 2.10 bits per heavy atom. The fourth-order valence-electron chi connectivity index (χ4n) is 3.16. The largest absolute Gasteiger partial charge is 0.329 e. The maximum Gasteiger partial charge on any atom is 0.0313 e. The van der Waals surface area contributed by atoms with Crippen molar-refractivity contribution in [1.29, 1.82) is 0 Å². The van der Waals surface area contributed by atoms with Gasteiger partial charge in [0.15, 0.2) is 0 Å². The molecule has 0 aliphatic carbocycles. The van der Waals surface area contributed by atoms with Gasteiger partial charge in [0.1, 0.15) is 0 Å². The van der Waals surface area contributed by atoms with E-state index in [-0.39, 0.29) is 5.54 Å². The predicted octanol–water partition coefficient (Wildman–Crippen LogP) is 3.35. The molecular weight excluding hydrogens is 256 g/mol. The number of nitrogens with zero attached hydrogens (tertiary/aromatic N) is 1. The number of aryl methyl sites for hydroxylation is 1. The lowest BCUT2D eigenvalue weighted by Gasteiger charge is -2.38. The summed E-state index contributed by atoms with van der Waals surface area (Å²) in [4.78, 5) is 2.54. The summed E-state index contributed by atoms with van der Waals surface area (Å²) in [7, 11) is 0. The first kappa shape index (κ1) is 14.3. The van der Waals surface area contributed by atoms with Gasteiger partial charge in [-0.25, -0.2) is 0 Å². The van der Waals surface area contributed by atoms with Crippen LogP contribution in [0.3, 0.4) is 0 Å². The second-order valence-electron chi connectivity index (χ2n) is 6.31. The van der Waals surface area contributed by atoms with Gasteiger partial charge in [0, 0.05) is 25.2 Å². The summed E-state index contributed by atoms with van der Waals surface area (Å²) >= 11 is 0. The normalized spacial score (nSPS) is 17.4. The topological polar surface area (TPSA) is 29.3 Å². The molecule has 2 aromatic carbocycles. The third-order valence-corrected chi connectivity index (χ3v) is 4.84. The van der Waals surface area contributed by atoms with E-state index < -0.39 is 0 Å². The van der Waals surface area contributed by atoms with Crippen LogP contribution in [0.1, 0.15) is 30.0 Å². The Bertz CT molecular complexity index is 569. The molecule has 0 aromatic heterocycles. The van der Waals surface area contributed by atoms with Gasteiger partial charge in [0.25, 0.3) is 0 Å². The van der Waals surface area contributed by atoms with Crippen LogP contribution >= 0.6 is 0 Å². The Hall–Kier alpha value is -1.64. The van der Waals surface area contributed by atoms with Gasteiger partial charge in [-0.05, 0) is 36.5 Å². The van der Waals surface area contributed by atoms with E-state index >= 15 is 0 Å². The SMILES string of the molecule is CC(CN)(CCc1ccccc1)N1Cc2ccccc2C1. The molecule has 0 saturated heterocycles. The Labute approximate surface area is 127 Å². The highest BCUT2D eigenvalue weighted by Crippen LogP contribution is 2.31. The van der Waals surface area contributed by atoms with Gasteiger partial charge in [-0.1, -0.05) is 54.6 Å². The van der Waals surface area contributed by atoms with Gasteiger partial charge in [-0.3, -0.25) is 4.90 Å². The molecule has 0 fully saturated rings. The minimum absolute atomic E-state index is 0.0643. The molecule has 0 radical (unpaired) electrons. The summed E-state index contributed by atoms with van der Waals surface area (Å²) in [5.74, 6) is 0. The molecule has 1 atom stereocenters. The second-order valence-corrected chi connectivity index (χ2v) is 6.31. The lowest BCUT2D eigenvalue weighted by atomic mass is 9.91. The molecule has 1 aliphatic heterocycles. The molecule has 0 bridgehead atoms. The fraction of sp³-hybridized carbons (Fsp3) is 0.368. The molecular formula is C19H24N2. The van der Waals surface area contributed by atoms with E-state index in [1.807, 2.05) is 0 Å². The van der Waals surface area contributed by atoms with Crippen LogP contribution in [0.15, 0.2) is 54.6 Å². The van der Waals surface area contributed by atoms with E-state index in [9.17, 15) is 0 Å². The zero-order valence-electron chi connectivity index (χ0n) is 12.8. The molecule has 3 rings (SSSR count). The molecule has 0 saturated carbocycles. The Morgan fingerprint density at radius 2 is 1.52 bits per heavy atom. The lowest BCUT2D eigenvalue weighted by Crippen LogP contribution is -2.49. The van der Waals surface area contributed by atoms with Gasteiger partial charge in [0.05, 0.1) is 0 Å². The van der Waals surface area contributed by atoms with E-state index in [0.29, 0.717) is 6.54 Å². The van der Waals surface area contributed by atoms with Crippen LogP contribution in [0.5, 0.6) is 0 Å². The van der Waals surface area contributed by atoms with Crippen molar-refractivity contribution >= 4 is 0 Å². The van der Waals surface area contributed by atoms with Crippen LogP contribution in [0, 0.1) is 0 Å². The van der Waals surface area contributed by atoms with Gasteiger partial charge in [0.2, 0.25) is 0 Å². The van der Waals surface area contributed by atoms with Crippen molar-refractivity contribution in [1.82, 2.24) is 4.90 Å². The minimum atomic E-state index is 0.0643. The average Bonchev–Trinajstić information content (AvgIpc) is 2.98. The van der Waals surface area contributed by atoms with Crippen molar-refractivity contribution in [2.75, 3.05) is 6.54 Å². The van der Waals surface area contributed by atoms with E-state index in [2.05, 4.69) is 66.4 Å². The molecule has 2 heteroatoms. The quantitative estimate of drug-likeness (QED) is 0.910. The summed E-state index contributed by atoms with van der Waals surface area (Å²) in [6.45, 7) is 5.06. The van der Waals surface area contributed by atoms with Crippen LogP contribution in [-0.2, 0) is 19.5 Å². The van der Waals surface area contributed by atoms with E-state index in [0.717, 1.165) is 25.9 Å². The Kier molecular flexibility index (Phi) is 4.09. The summed E-state index contributed by atoms with van der Waals surface area (Å²) in [5.41, 5.74) is 10.5. The van der Waals surface area contributed by atoms with Gasteiger partial charge >= 0.3 is 0 Å². The Balaban J connectivity index is 1.70. The van der Waals surface area contributed by atoms with Crippen molar-refractivity contribution in [2.45, 2.75) is 38.4 Å². The number of benzene rings is 2. The van der Waals surface area contributed by atoms with Crippen molar-refractivity contribution in [3.8, 4) is 0 Å². The monoisotopic (exact) mass is 280 g/mol. The second kappa shape index (κ2) is 6.00. The standard InChI is InChI=1S/C19H24N2/c1-19(15-20,12-11-16-7-3-2-4-8-16)21-13-17-9-5-6-10-18(17)14-21/h2-10H,11-15,20H2,1H3. The fourth-order valence-corrected chi connectivity index (χ4v) is 3.16. The van der Waals surface area contributed by atoms with Crippen molar-refractivity contribution in [3.05, 3.63) is 71.3 Å². The number of rotatable bonds is 5. The highest BCUT2D eigenvalue weighted by atomic mass is 15.2. The average molecular weight is 280 g/mol. The predicted molar refractivity (Wildman–Crippen MR) is 87.9 cm³/mol. The smallest absolute Gasteiger partial charge is 0.0313 e. The first-order valence-corrected chi connectivity index (χ1v) is 7.77. The molecule has 0 spiro atoms. The highest BCUT2D eigenvalue weighted by Gasteiger charge is 2.34. The molecule has 2 aromatic rings. The van der Waals surface area contributed by atoms with Crippen LogP contribution in [0.25, 0.3) is 0 Å². The number of hydrogen-bond acceptors (Lipinski definition) is 2. The van der Waals surface area contributed by atoms with Gasteiger partial charge < -0.3 is 5.73 Å². The molecule has 1 unspecified atom stereocenters. The zero-order chi connectivity index (χ0) is 14.7. The van der Waals surface area contributed by atoms with Crippen molar-refractivity contribution in [2.24, 2.45) is 5.73 Å². The number of nitrogens with two attached hydrogens (primary N) is 1. The van der Waals surface area contributed by atoms with Crippen LogP contribution in [-0.4, -0.2) is 17.0 Å². The molecule has 2 nitrogen and oxygen atoms in total. The van der Waals surface area contributed by atoms with E-state index in [1.54, 1.807) is 0 Å². The van der Waals surface area contributed by atoms with Crippen LogP contribution in [0.2, 0.25) is 0 Å². The third-order valence-electron chi connectivity index (χ3n) is 4.84. The summed E-state index contributed by atoms with van der Waals surface area (Å²) in [6, 6.07) is 19.4. The van der Waals surface area contributed by atoms with E-state index in [1.165, 1.54) is 16.7 Å². The van der Waals surface area contributed by atoms with Crippen LogP contribution < -0.4 is 5.73 Å². The summed E-state index contributed by atoms with van der Waals surface area (Å²) in [5, 5.41) is 0. The molecule has 1 aliphatic rings. The minimum Gasteiger partial charge on any atom is -0.329 e. The zero-order valence-corrected chi connectivity index (χ0v) is 12.8. The van der Waals surface area contributed by atoms with Crippen LogP contribution in [0.4, 0.5) is 0 Å².